The van der Waals surface area contributed by atoms with Crippen LogP contribution in [0.4, 0.5) is 5.69 Å². The monoisotopic (exact) mass is 329 g/mol. The molecule has 6 nitrogen and oxygen atoms in total. The fourth-order valence-electron chi connectivity index (χ4n) is 2.40. The third-order valence-electron chi connectivity index (χ3n) is 3.29. The normalized spacial score (nSPS) is 13.0. The third kappa shape index (κ3) is 4.79. The van der Waals surface area contributed by atoms with Crippen molar-refractivity contribution in [1.82, 2.24) is 0 Å². The minimum Gasteiger partial charge on any atom is -0.359 e. The fourth-order valence-corrected chi connectivity index (χ4v) is 2.85. The van der Waals surface area contributed by atoms with Crippen LogP contribution in [0, 0.1) is 6.92 Å². The Bertz CT molecular complexity index is 627. The van der Waals surface area contributed by atoms with Crippen LogP contribution in [-0.4, -0.2) is 37.5 Å². The van der Waals surface area contributed by atoms with Gasteiger partial charge in [-0.3, -0.25) is 14.2 Å². The smallest absolute Gasteiger partial charge is 0.274 e. The van der Waals surface area contributed by atoms with Gasteiger partial charge in [0.15, 0.2) is 5.75 Å². The van der Waals surface area contributed by atoms with E-state index in [0.29, 0.717) is 18.7 Å². The molecule has 22 heavy (non-hydrogen) atoms. The zero-order valence-corrected chi connectivity index (χ0v) is 14.2. The first-order valence-corrected chi connectivity index (χ1v) is 8.79. The van der Waals surface area contributed by atoms with E-state index < -0.39 is 28.0 Å². The molecular weight excluding hydrogens is 306 g/mol. The van der Waals surface area contributed by atoms with E-state index in [1.165, 1.54) is 4.90 Å². The molecule has 0 bridgehead atoms. The van der Waals surface area contributed by atoms with Crippen LogP contribution >= 0.6 is 0 Å². The van der Waals surface area contributed by atoms with Crippen molar-refractivity contribution in [3.63, 3.8) is 0 Å². The highest BCUT2D eigenvalue weighted by Crippen LogP contribution is 2.28. The number of carbonyl (C=O) groups excluding carboxylic acids is 1. The fraction of sp³-hybridized carbons (Fsp3) is 0.533. The highest BCUT2D eigenvalue weighted by Gasteiger charge is 2.28. The number of hydrogen-bond acceptors (Lipinski definition) is 4. The lowest BCUT2D eigenvalue weighted by molar-refractivity contribution is -0.118. The summed E-state index contributed by atoms with van der Waals surface area (Å²) in [5.41, 5.74) is 2.39. The van der Waals surface area contributed by atoms with Crippen LogP contribution < -0.4 is 4.90 Å². The number of carbonyl (C=O) groups is 1. The SMILES string of the molecule is CCOC(C)N(C(=O)CS(=O)(=O)O)c1c(C)cccc1CC. The maximum atomic E-state index is 12.4. The van der Waals surface area contributed by atoms with Gasteiger partial charge in [-0.05, 0) is 38.3 Å². The maximum absolute atomic E-state index is 12.4. The molecule has 0 heterocycles. The van der Waals surface area contributed by atoms with E-state index in [0.717, 1.165) is 11.1 Å². The molecule has 0 aliphatic carbocycles. The Balaban J connectivity index is 3.36. The van der Waals surface area contributed by atoms with Crippen molar-refractivity contribution >= 4 is 21.7 Å². The van der Waals surface area contributed by atoms with Gasteiger partial charge in [0, 0.05) is 6.61 Å². The molecule has 1 N–H and O–H groups in total. The zero-order chi connectivity index (χ0) is 16.9. The summed E-state index contributed by atoms with van der Waals surface area (Å²) in [6, 6.07) is 5.62. The first-order valence-electron chi connectivity index (χ1n) is 7.18. The summed E-state index contributed by atoms with van der Waals surface area (Å²) in [6.07, 6.45) is 0.0524. The molecule has 0 fully saturated rings. The van der Waals surface area contributed by atoms with Gasteiger partial charge in [-0.1, -0.05) is 25.1 Å². The first-order chi connectivity index (χ1) is 10.2. The lowest BCUT2D eigenvalue weighted by Gasteiger charge is -2.31. The van der Waals surface area contributed by atoms with Crippen LogP contribution in [0.5, 0.6) is 0 Å². The molecule has 1 amide bonds. The zero-order valence-electron chi connectivity index (χ0n) is 13.4. The quantitative estimate of drug-likeness (QED) is 0.612. The van der Waals surface area contributed by atoms with E-state index in [1.54, 1.807) is 13.8 Å². The van der Waals surface area contributed by atoms with Gasteiger partial charge in [-0.2, -0.15) is 8.42 Å². The van der Waals surface area contributed by atoms with Crippen LogP contribution in [0.2, 0.25) is 0 Å². The predicted molar refractivity (Wildman–Crippen MR) is 85.5 cm³/mol. The van der Waals surface area contributed by atoms with Gasteiger partial charge in [-0.15, -0.1) is 0 Å². The van der Waals surface area contributed by atoms with E-state index in [2.05, 4.69) is 0 Å². The van der Waals surface area contributed by atoms with Gasteiger partial charge in [0.1, 0.15) is 6.23 Å². The highest BCUT2D eigenvalue weighted by atomic mass is 32.2. The molecule has 0 saturated carbocycles. The molecule has 0 aliphatic heterocycles. The molecule has 7 heteroatoms. The Hall–Kier alpha value is -1.44. The number of rotatable bonds is 7. The Morgan fingerprint density at radius 1 is 1.36 bits per heavy atom. The van der Waals surface area contributed by atoms with Crippen molar-refractivity contribution in [3.05, 3.63) is 29.3 Å². The van der Waals surface area contributed by atoms with Gasteiger partial charge in [-0.25, -0.2) is 0 Å². The second-order valence-electron chi connectivity index (χ2n) is 4.98. The van der Waals surface area contributed by atoms with Crippen LogP contribution in [0.1, 0.15) is 31.9 Å². The number of amides is 1. The Morgan fingerprint density at radius 3 is 2.50 bits per heavy atom. The summed E-state index contributed by atoms with van der Waals surface area (Å²) in [4.78, 5) is 13.7. The number of benzene rings is 1. The highest BCUT2D eigenvalue weighted by molar-refractivity contribution is 7.86. The largest absolute Gasteiger partial charge is 0.359 e. The van der Waals surface area contributed by atoms with Crippen LogP contribution in [0.25, 0.3) is 0 Å². The number of para-hydroxylation sites is 1. The summed E-state index contributed by atoms with van der Waals surface area (Å²) in [5.74, 6) is -1.69. The van der Waals surface area contributed by atoms with Crippen LogP contribution in [0.3, 0.4) is 0 Å². The molecule has 0 spiro atoms. The molecule has 0 aliphatic rings. The second kappa shape index (κ2) is 7.71. The summed E-state index contributed by atoms with van der Waals surface area (Å²) >= 11 is 0. The average Bonchev–Trinajstić information content (AvgIpc) is 2.39. The third-order valence-corrected chi connectivity index (χ3v) is 3.90. The Labute approximate surface area is 131 Å². The molecular formula is C15H23NO5S. The van der Waals surface area contributed by atoms with Crippen LogP contribution in [-0.2, 0) is 26.1 Å². The van der Waals surface area contributed by atoms with Gasteiger partial charge >= 0.3 is 0 Å². The summed E-state index contributed by atoms with van der Waals surface area (Å²) < 4.78 is 36.6. The summed E-state index contributed by atoms with van der Waals surface area (Å²) in [7, 11) is -4.40. The van der Waals surface area contributed by atoms with Crippen molar-refractivity contribution in [2.45, 2.75) is 40.3 Å². The molecule has 0 aromatic heterocycles. The lowest BCUT2D eigenvalue weighted by atomic mass is 10.0. The van der Waals surface area contributed by atoms with Crippen molar-refractivity contribution in [3.8, 4) is 0 Å². The number of ether oxygens (including phenoxy) is 1. The number of nitrogens with zero attached hydrogens (tertiary/aromatic N) is 1. The summed E-state index contributed by atoms with van der Waals surface area (Å²) in [6.45, 7) is 7.65. The van der Waals surface area contributed by atoms with Crippen molar-refractivity contribution < 1.29 is 22.5 Å². The molecule has 1 aromatic carbocycles. The topological polar surface area (TPSA) is 83.9 Å². The Morgan fingerprint density at radius 2 is 2.00 bits per heavy atom. The van der Waals surface area contributed by atoms with Gasteiger partial charge < -0.3 is 4.74 Å². The number of anilines is 1. The molecule has 1 unspecified atom stereocenters. The van der Waals surface area contributed by atoms with Gasteiger partial charge in [0.2, 0.25) is 5.91 Å². The van der Waals surface area contributed by atoms with Crippen molar-refractivity contribution in [2.75, 3.05) is 17.3 Å². The van der Waals surface area contributed by atoms with E-state index in [-0.39, 0.29) is 0 Å². The maximum Gasteiger partial charge on any atom is 0.274 e. The number of aryl methyl sites for hydroxylation is 2. The standard InChI is InChI=1S/C15H23NO5S/c1-5-13-9-7-8-11(3)15(13)16(12(4)21-6-2)14(17)10-22(18,19)20/h7-9,12H,5-6,10H2,1-4H3,(H,18,19,20). The molecule has 124 valence electrons. The molecule has 1 atom stereocenters. The van der Waals surface area contributed by atoms with Gasteiger partial charge in [0.05, 0.1) is 5.69 Å². The van der Waals surface area contributed by atoms with Crippen LogP contribution in [0.15, 0.2) is 18.2 Å². The first kappa shape index (κ1) is 18.6. The minimum atomic E-state index is -4.40. The Kier molecular flexibility index (Phi) is 6.52. The minimum absolute atomic E-state index is 0.379. The molecule has 1 rings (SSSR count). The molecule has 1 aromatic rings. The molecule has 0 radical (unpaired) electrons. The summed E-state index contributed by atoms with van der Waals surface area (Å²) in [5, 5.41) is 0. The molecule has 0 saturated heterocycles. The van der Waals surface area contributed by atoms with Gasteiger partial charge in [0.25, 0.3) is 10.1 Å². The number of hydrogen-bond donors (Lipinski definition) is 1. The average molecular weight is 329 g/mol. The van der Waals surface area contributed by atoms with E-state index in [1.807, 2.05) is 32.0 Å². The van der Waals surface area contributed by atoms with Crippen molar-refractivity contribution in [1.29, 1.82) is 0 Å². The lowest BCUT2D eigenvalue weighted by Crippen LogP contribution is -2.44. The van der Waals surface area contributed by atoms with E-state index in [9.17, 15) is 13.2 Å². The van der Waals surface area contributed by atoms with E-state index >= 15 is 0 Å². The predicted octanol–water partition coefficient (Wildman–Crippen LogP) is 2.16. The van der Waals surface area contributed by atoms with Crippen molar-refractivity contribution in [2.24, 2.45) is 0 Å². The van der Waals surface area contributed by atoms with E-state index in [4.69, 9.17) is 9.29 Å². The second-order valence-corrected chi connectivity index (χ2v) is 6.43.